The largest absolute Gasteiger partial charge is 0.478 e. The minimum Gasteiger partial charge on any atom is -0.478 e. The van der Waals surface area contributed by atoms with Crippen molar-refractivity contribution < 1.29 is 23.9 Å². The molecule has 0 saturated heterocycles. The predicted molar refractivity (Wildman–Crippen MR) is 92.8 cm³/mol. The molecular weight excluding hydrogens is 341 g/mol. The molecule has 4 N–H and O–H groups in total. The third-order valence-electron chi connectivity index (χ3n) is 4.00. The van der Waals surface area contributed by atoms with Gasteiger partial charge in [-0.25, -0.2) is 9.18 Å². The van der Waals surface area contributed by atoms with Crippen LogP contribution in [0.1, 0.15) is 27.1 Å². The van der Waals surface area contributed by atoms with Crippen LogP contribution in [0, 0.1) is 5.82 Å². The van der Waals surface area contributed by atoms with Gasteiger partial charge in [-0.05, 0) is 48.9 Å². The molecule has 3 rings (SSSR count). The molecule has 0 spiro atoms. The molecule has 0 aromatic heterocycles. The standard InChI is InChI=1S/C18H16FN3O4/c19-12-4-1-10(2-5-12)16(23)20-8-7-14-17(24)22-13-6-3-11(18(25)26)9-15(13)21-14/h1-6,9,14,21H,7-8H2,(H,20,23)(H,22,24)(H,25,26). The summed E-state index contributed by atoms with van der Waals surface area (Å²) >= 11 is 0. The second kappa shape index (κ2) is 7.22. The number of carboxylic acid groups (broad SMARTS) is 1. The van der Waals surface area contributed by atoms with Crippen molar-refractivity contribution in [2.75, 3.05) is 17.2 Å². The SMILES string of the molecule is O=C(O)c1ccc2c(c1)NC(CCNC(=O)c1ccc(F)cc1)C(=O)N2. The molecule has 7 nitrogen and oxygen atoms in total. The summed E-state index contributed by atoms with van der Waals surface area (Å²) in [5.41, 5.74) is 1.45. The number of rotatable bonds is 5. The van der Waals surface area contributed by atoms with Gasteiger partial charge in [-0.1, -0.05) is 0 Å². The Hall–Kier alpha value is -3.42. The molecule has 8 heteroatoms. The summed E-state index contributed by atoms with van der Waals surface area (Å²) in [7, 11) is 0. The molecule has 2 aromatic rings. The third-order valence-corrected chi connectivity index (χ3v) is 4.00. The molecule has 0 bridgehead atoms. The lowest BCUT2D eigenvalue weighted by Gasteiger charge is -2.27. The van der Waals surface area contributed by atoms with E-state index in [9.17, 15) is 18.8 Å². The number of carbonyl (C=O) groups excluding carboxylic acids is 2. The van der Waals surface area contributed by atoms with Crippen molar-refractivity contribution >= 4 is 29.2 Å². The van der Waals surface area contributed by atoms with Gasteiger partial charge < -0.3 is 21.1 Å². The molecule has 1 aliphatic rings. The highest BCUT2D eigenvalue weighted by Crippen LogP contribution is 2.28. The molecule has 1 atom stereocenters. The van der Waals surface area contributed by atoms with Gasteiger partial charge in [0.25, 0.3) is 5.91 Å². The van der Waals surface area contributed by atoms with Crippen LogP contribution in [0.3, 0.4) is 0 Å². The first kappa shape index (κ1) is 17.4. The number of aromatic carboxylic acids is 1. The predicted octanol–water partition coefficient (Wildman–Crippen LogP) is 2.08. The van der Waals surface area contributed by atoms with E-state index in [-0.39, 0.29) is 23.9 Å². The molecule has 1 aliphatic heterocycles. The van der Waals surface area contributed by atoms with Gasteiger partial charge in [0.1, 0.15) is 11.9 Å². The average molecular weight is 357 g/mol. The van der Waals surface area contributed by atoms with Gasteiger partial charge >= 0.3 is 5.97 Å². The number of nitrogens with one attached hydrogen (secondary N) is 3. The van der Waals surface area contributed by atoms with Crippen molar-refractivity contribution in [3.63, 3.8) is 0 Å². The van der Waals surface area contributed by atoms with Crippen molar-refractivity contribution in [3.8, 4) is 0 Å². The summed E-state index contributed by atoms with van der Waals surface area (Å²) in [5.74, 6) is -2.12. The van der Waals surface area contributed by atoms with E-state index in [4.69, 9.17) is 5.11 Å². The van der Waals surface area contributed by atoms with Crippen LogP contribution in [0.4, 0.5) is 15.8 Å². The van der Waals surface area contributed by atoms with E-state index in [1.54, 1.807) is 0 Å². The zero-order valence-electron chi connectivity index (χ0n) is 13.6. The van der Waals surface area contributed by atoms with Crippen molar-refractivity contribution in [1.29, 1.82) is 0 Å². The fourth-order valence-corrected chi connectivity index (χ4v) is 2.62. The number of amides is 2. The summed E-state index contributed by atoms with van der Waals surface area (Å²) in [6.45, 7) is 0.218. The molecule has 26 heavy (non-hydrogen) atoms. The van der Waals surface area contributed by atoms with Gasteiger partial charge in [-0.2, -0.15) is 0 Å². The van der Waals surface area contributed by atoms with Gasteiger partial charge in [0.05, 0.1) is 16.9 Å². The van der Waals surface area contributed by atoms with Crippen LogP contribution in [0.2, 0.25) is 0 Å². The van der Waals surface area contributed by atoms with Crippen LogP contribution < -0.4 is 16.0 Å². The van der Waals surface area contributed by atoms with E-state index >= 15 is 0 Å². The summed E-state index contributed by atoms with van der Waals surface area (Å²) in [6.07, 6.45) is 0.301. The number of carboxylic acids is 1. The van der Waals surface area contributed by atoms with E-state index in [0.29, 0.717) is 23.4 Å². The Morgan fingerprint density at radius 1 is 1.08 bits per heavy atom. The molecule has 2 aromatic carbocycles. The van der Waals surface area contributed by atoms with Crippen LogP contribution in [0.25, 0.3) is 0 Å². The van der Waals surface area contributed by atoms with Gasteiger partial charge in [0, 0.05) is 12.1 Å². The third kappa shape index (κ3) is 3.80. The van der Waals surface area contributed by atoms with Gasteiger partial charge in [-0.3, -0.25) is 9.59 Å². The Kier molecular flexibility index (Phi) is 4.83. The topological polar surface area (TPSA) is 108 Å². The van der Waals surface area contributed by atoms with Gasteiger partial charge in [0.15, 0.2) is 0 Å². The molecular formula is C18H16FN3O4. The van der Waals surface area contributed by atoms with E-state index < -0.39 is 17.8 Å². The normalized spacial score (nSPS) is 15.4. The average Bonchev–Trinajstić information content (AvgIpc) is 2.62. The van der Waals surface area contributed by atoms with Gasteiger partial charge in [-0.15, -0.1) is 0 Å². The lowest BCUT2D eigenvalue weighted by molar-refractivity contribution is -0.117. The number of halogens is 1. The summed E-state index contributed by atoms with van der Waals surface area (Å²) in [4.78, 5) is 35.1. The van der Waals surface area contributed by atoms with Crippen LogP contribution >= 0.6 is 0 Å². The fraction of sp³-hybridized carbons (Fsp3) is 0.167. The molecule has 0 radical (unpaired) electrons. The zero-order chi connectivity index (χ0) is 18.7. The second-order valence-electron chi connectivity index (χ2n) is 5.80. The van der Waals surface area contributed by atoms with E-state index in [1.807, 2.05) is 0 Å². The highest BCUT2D eigenvalue weighted by Gasteiger charge is 2.25. The first-order valence-electron chi connectivity index (χ1n) is 7.92. The first-order valence-corrected chi connectivity index (χ1v) is 7.92. The molecule has 2 amide bonds. The molecule has 1 unspecified atom stereocenters. The zero-order valence-corrected chi connectivity index (χ0v) is 13.6. The number of carbonyl (C=O) groups is 3. The van der Waals surface area contributed by atoms with Crippen molar-refractivity contribution in [2.45, 2.75) is 12.5 Å². The fourth-order valence-electron chi connectivity index (χ4n) is 2.62. The number of hydrogen-bond acceptors (Lipinski definition) is 4. The van der Waals surface area contributed by atoms with Crippen molar-refractivity contribution in [1.82, 2.24) is 5.32 Å². The molecule has 0 saturated carbocycles. The monoisotopic (exact) mass is 357 g/mol. The van der Waals surface area contributed by atoms with Crippen LogP contribution in [-0.4, -0.2) is 35.5 Å². The molecule has 134 valence electrons. The van der Waals surface area contributed by atoms with E-state index in [2.05, 4.69) is 16.0 Å². The minimum atomic E-state index is -1.06. The lowest BCUT2D eigenvalue weighted by Crippen LogP contribution is -2.41. The van der Waals surface area contributed by atoms with E-state index in [0.717, 1.165) is 0 Å². The van der Waals surface area contributed by atoms with Gasteiger partial charge in [0.2, 0.25) is 5.91 Å². The lowest BCUT2D eigenvalue weighted by atomic mass is 10.1. The molecule has 0 aliphatic carbocycles. The number of benzene rings is 2. The van der Waals surface area contributed by atoms with Crippen LogP contribution in [0.5, 0.6) is 0 Å². The van der Waals surface area contributed by atoms with Crippen molar-refractivity contribution in [3.05, 3.63) is 59.4 Å². The maximum Gasteiger partial charge on any atom is 0.335 e. The molecule has 1 heterocycles. The Bertz CT molecular complexity index is 867. The minimum absolute atomic E-state index is 0.107. The highest BCUT2D eigenvalue weighted by atomic mass is 19.1. The van der Waals surface area contributed by atoms with Crippen LogP contribution in [0.15, 0.2) is 42.5 Å². The second-order valence-corrected chi connectivity index (χ2v) is 5.80. The number of anilines is 2. The summed E-state index contributed by atoms with van der Waals surface area (Å²) < 4.78 is 12.9. The first-order chi connectivity index (χ1) is 12.4. The van der Waals surface area contributed by atoms with Crippen LogP contribution in [-0.2, 0) is 4.79 Å². The Labute approximate surface area is 148 Å². The summed E-state index contributed by atoms with van der Waals surface area (Å²) in [5, 5.41) is 17.4. The Morgan fingerprint density at radius 3 is 2.46 bits per heavy atom. The smallest absolute Gasteiger partial charge is 0.335 e. The summed E-state index contributed by atoms with van der Waals surface area (Å²) in [6, 6.07) is 8.91. The highest BCUT2D eigenvalue weighted by molar-refractivity contribution is 6.04. The molecule has 0 fully saturated rings. The Balaban J connectivity index is 1.59. The maximum absolute atomic E-state index is 12.9. The Morgan fingerprint density at radius 2 is 1.77 bits per heavy atom. The quantitative estimate of drug-likeness (QED) is 0.655. The van der Waals surface area contributed by atoms with E-state index in [1.165, 1.54) is 42.5 Å². The maximum atomic E-state index is 12.9. The van der Waals surface area contributed by atoms with Crippen molar-refractivity contribution in [2.24, 2.45) is 0 Å². The number of fused-ring (bicyclic) bond motifs is 1. The number of hydrogen-bond donors (Lipinski definition) is 4.